The Morgan fingerprint density at radius 3 is 2.00 bits per heavy atom. The highest BCUT2D eigenvalue weighted by Gasteiger charge is 2.32. The molecule has 0 aliphatic carbocycles. The zero-order valence-corrected chi connectivity index (χ0v) is 13.0. The zero-order valence-electron chi connectivity index (χ0n) is 10.7. The van der Waals surface area contributed by atoms with Gasteiger partial charge in [-0.05, 0) is 35.4 Å². The van der Waals surface area contributed by atoms with Crippen LogP contribution >= 0.6 is 27.5 Å². The summed E-state index contributed by atoms with van der Waals surface area (Å²) in [5.74, 6) is -0.801. The van der Waals surface area contributed by atoms with Crippen molar-refractivity contribution in [2.45, 2.75) is 0 Å². The molecule has 1 aliphatic rings. The van der Waals surface area contributed by atoms with Crippen LogP contribution in [0.4, 0.5) is 0 Å². The van der Waals surface area contributed by atoms with Crippen LogP contribution < -0.4 is 5.32 Å². The van der Waals surface area contributed by atoms with E-state index in [0.717, 1.165) is 4.47 Å². The summed E-state index contributed by atoms with van der Waals surface area (Å²) in [6.07, 6.45) is 0. The van der Waals surface area contributed by atoms with Gasteiger partial charge in [-0.25, -0.2) is 0 Å². The molecule has 104 valence electrons. The van der Waals surface area contributed by atoms with Gasteiger partial charge < -0.3 is 0 Å². The van der Waals surface area contributed by atoms with Gasteiger partial charge in [-0.3, -0.25) is 14.9 Å². The minimum Gasteiger partial charge on any atom is -0.288 e. The number of carbonyl (C=O) groups is 2. The summed E-state index contributed by atoms with van der Waals surface area (Å²) in [6, 6.07) is 14.2. The average Bonchev–Trinajstić information content (AvgIpc) is 2.73. The maximum atomic E-state index is 12.1. The quantitative estimate of drug-likeness (QED) is 0.829. The van der Waals surface area contributed by atoms with Crippen molar-refractivity contribution in [1.29, 1.82) is 0 Å². The molecular formula is C16H9BrClNO2. The maximum absolute atomic E-state index is 12.1. The van der Waals surface area contributed by atoms with Gasteiger partial charge in [0.2, 0.25) is 0 Å². The van der Waals surface area contributed by atoms with Crippen molar-refractivity contribution in [3.63, 3.8) is 0 Å². The van der Waals surface area contributed by atoms with Gasteiger partial charge in [-0.15, -0.1) is 0 Å². The largest absolute Gasteiger partial charge is 0.288 e. The standard InChI is InChI=1S/C16H9BrClNO2/c17-11-5-1-3-9(7-11)13-14(16(21)19-15(13)20)10-4-2-6-12(18)8-10/h1-8H,(H,19,20,21). The lowest BCUT2D eigenvalue weighted by Crippen LogP contribution is -2.22. The normalized spacial score (nSPS) is 14.6. The number of benzene rings is 2. The van der Waals surface area contributed by atoms with Crippen LogP contribution in [0, 0.1) is 0 Å². The van der Waals surface area contributed by atoms with E-state index in [1.54, 1.807) is 36.4 Å². The first kappa shape index (κ1) is 14.0. The molecule has 3 nitrogen and oxygen atoms in total. The van der Waals surface area contributed by atoms with Crippen molar-refractivity contribution in [3.8, 4) is 0 Å². The summed E-state index contributed by atoms with van der Waals surface area (Å²) in [4.78, 5) is 24.2. The summed E-state index contributed by atoms with van der Waals surface area (Å²) in [6.45, 7) is 0. The van der Waals surface area contributed by atoms with Crippen LogP contribution in [0.25, 0.3) is 11.1 Å². The smallest absolute Gasteiger partial charge is 0.259 e. The Hall–Kier alpha value is -1.91. The van der Waals surface area contributed by atoms with Crippen molar-refractivity contribution in [3.05, 3.63) is 69.2 Å². The summed E-state index contributed by atoms with van der Waals surface area (Å²) in [5.41, 5.74) is 2.02. The van der Waals surface area contributed by atoms with E-state index < -0.39 is 11.8 Å². The predicted molar refractivity (Wildman–Crippen MR) is 85.6 cm³/mol. The first-order valence-corrected chi connectivity index (χ1v) is 7.35. The number of rotatable bonds is 2. The molecular weight excluding hydrogens is 354 g/mol. The minimum atomic E-state index is -0.405. The van der Waals surface area contributed by atoms with Gasteiger partial charge in [-0.2, -0.15) is 0 Å². The van der Waals surface area contributed by atoms with Crippen LogP contribution in [-0.4, -0.2) is 11.8 Å². The fourth-order valence-corrected chi connectivity index (χ4v) is 2.88. The maximum Gasteiger partial charge on any atom is 0.259 e. The Morgan fingerprint density at radius 2 is 1.43 bits per heavy atom. The van der Waals surface area contributed by atoms with Crippen LogP contribution in [0.3, 0.4) is 0 Å². The van der Waals surface area contributed by atoms with Gasteiger partial charge in [0.1, 0.15) is 0 Å². The van der Waals surface area contributed by atoms with Crippen molar-refractivity contribution in [2.75, 3.05) is 0 Å². The summed E-state index contributed by atoms with van der Waals surface area (Å²) in [7, 11) is 0. The molecule has 21 heavy (non-hydrogen) atoms. The van der Waals surface area contributed by atoms with Crippen molar-refractivity contribution >= 4 is 50.5 Å². The first-order chi connectivity index (χ1) is 10.1. The third kappa shape index (κ3) is 2.64. The van der Waals surface area contributed by atoms with Crippen molar-refractivity contribution in [2.24, 2.45) is 0 Å². The molecule has 2 aromatic carbocycles. The molecule has 3 rings (SSSR count). The van der Waals surface area contributed by atoms with Crippen molar-refractivity contribution < 1.29 is 9.59 Å². The van der Waals surface area contributed by atoms with E-state index >= 15 is 0 Å². The first-order valence-electron chi connectivity index (χ1n) is 6.18. The summed E-state index contributed by atoms with van der Waals surface area (Å²) < 4.78 is 0.838. The average molecular weight is 363 g/mol. The second kappa shape index (κ2) is 5.47. The molecule has 0 atom stereocenters. The Morgan fingerprint density at radius 1 is 0.857 bits per heavy atom. The SMILES string of the molecule is O=C1NC(=O)C(c2cccc(Br)c2)=C1c1cccc(Cl)c1. The predicted octanol–water partition coefficient (Wildman–Crippen LogP) is 3.67. The monoisotopic (exact) mass is 361 g/mol. The highest BCUT2D eigenvalue weighted by atomic mass is 79.9. The summed E-state index contributed by atoms with van der Waals surface area (Å²) in [5, 5.41) is 2.86. The molecule has 1 N–H and O–H groups in total. The fraction of sp³-hybridized carbons (Fsp3) is 0. The Balaban J connectivity index is 2.25. The Labute approximate surface area is 134 Å². The number of carbonyl (C=O) groups excluding carboxylic acids is 2. The van der Waals surface area contributed by atoms with E-state index in [1.807, 2.05) is 12.1 Å². The third-order valence-corrected chi connectivity index (χ3v) is 3.89. The van der Waals surface area contributed by atoms with E-state index in [0.29, 0.717) is 27.3 Å². The third-order valence-electron chi connectivity index (χ3n) is 3.16. The molecule has 2 amide bonds. The zero-order chi connectivity index (χ0) is 15.0. The second-order valence-corrected chi connectivity index (χ2v) is 5.91. The lowest BCUT2D eigenvalue weighted by atomic mass is 9.96. The van der Waals surface area contributed by atoms with Gasteiger partial charge >= 0.3 is 0 Å². The van der Waals surface area contributed by atoms with Crippen molar-refractivity contribution in [1.82, 2.24) is 5.32 Å². The van der Waals surface area contributed by atoms with Crippen LogP contribution in [-0.2, 0) is 9.59 Å². The highest BCUT2D eigenvalue weighted by Crippen LogP contribution is 2.32. The van der Waals surface area contributed by atoms with Gasteiger partial charge in [0.25, 0.3) is 11.8 Å². The van der Waals surface area contributed by atoms with E-state index in [9.17, 15) is 9.59 Å². The molecule has 0 spiro atoms. The number of hydrogen-bond donors (Lipinski definition) is 1. The van der Waals surface area contributed by atoms with Gasteiger partial charge in [-0.1, -0.05) is 51.8 Å². The summed E-state index contributed by atoms with van der Waals surface area (Å²) >= 11 is 9.35. The minimum absolute atomic E-state index is 0.348. The molecule has 1 aliphatic heterocycles. The topological polar surface area (TPSA) is 46.2 Å². The highest BCUT2D eigenvalue weighted by molar-refractivity contribution is 9.10. The Bertz CT molecular complexity index is 733. The lowest BCUT2D eigenvalue weighted by molar-refractivity contribution is -0.122. The number of imide groups is 1. The molecule has 5 heteroatoms. The molecule has 0 bridgehead atoms. The number of hydrogen-bond acceptors (Lipinski definition) is 2. The molecule has 2 aromatic rings. The van der Waals surface area contributed by atoms with Crippen LogP contribution in [0.15, 0.2) is 53.0 Å². The van der Waals surface area contributed by atoms with Crippen LogP contribution in [0.1, 0.15) is 11.1 Å². The van der Waals surface area contributed by atoms with E-state index in [4.69, 9.17) is 11.6 Å². The van der Waals surface area contributed by atoms with Crippen LogP contribution in [0.5, 0.6) is 0 Å². The molecule has 0 unspecified atom stereocenters. The van der Waals surface area contributed by atoms with E-state index in [1.165, 1.54) is 0 Å². The fourth-order valence-electron chi connectivity index (χ4n) is 2.29. The van der Waals surface area contributed by atoms with Crippen LogP contribution in [0.2, 0.25) is 5.02 Å². The number of nitrogens with one attached hydrogen (secondary N) is 1. The molecule has 0 radical (unpaired) electrons. The number of amides is 2. The van der Waals surface area contributed by atoms with E-state index in [-0.39, 0.29) is 0 Å². The molecule has 1 heterocycles. The molecule has 0 fully saturated rings. The molecule has 0 saturated carbocycles. The van der Waals surface area contributed by atoms with E-state index in [2.05, 4.69) is 21.2 Å². The van der Waals surface area contributed by atoms with Gasteiger partial charge in [0, 0.05) is 9.50 Å². The molecule has 0 saturated heterocycles. The van der Waals surface area contributed by atoms with Gasteiger partial charge in [0.05, 0.1) is 11.1 Å². The van der Waals surface area contributed by atoms with Gasteiger partial charge in [0.15, 0.2) is 0 Å². The number of halogens is 2. The second-order valence-electron chi connectivity index (χ2n) is 4.55. The lowest BCUT2D eigenvalue weighted by Gasteiger charge is -2.05. The molecule has 0 aromatic heterocycles. The Kier molecular flexibility index (Phi) is 3.66.